The second kappa shape index (κ2) is 10.8. The zero-order chi connectivity index (χ0) is 31.8. The highest BCUT2D eigenvalue weighted by atomic mass is 127. The molecule has 1 aliphatic heterocycles. The fourth-order valence-electron chi connectivity index (χ4n) is 8.23. The lowest BCUT2D eigenvalue weighted by Gasteiger charge is -2.39. The van der Waals surface area contributed by atoms with Crippen LogP contribution in [0.5, 0.6) is 0 Å². The Hall–Kier alpha value is -4.04. The number of amides is 2. The SMILES string of the molecule is O=C1[C@@H]2[C@H](C(=O)N1c1cccc(I)c1)[C@@]1(c3ccc(Cl)cc3)C(=O)[C@@]2(c2ccc(Cl)cc2)C(c2ccccc2)=C1c1ccccc1. The minimum Gasteiger partial charge on any atom is -0.297 e. The first-order valence-electron chi connectivity index (χ1n) is 14.9. The Morgan fingerprint density at radius 3 is 1.39 bits per heavy atom. The number of allylic oxidation sites excluding steroid dienone is 2. The third-order valence-corrected chi connectivity index (χ3v) is 11.0. The number of hydrogen-bond acceptors (Lipinski definition) is 3. The minimum atomic E-state index is -1.50. The number of anilines is 1. The van der Waals surface area contributed by atoms with Crippen LogP contribution in [0, 0.1) is 15.4 Å². The number of halogens is 3. The van der Waals surface area contributed by atoms with Gasteiger partial charge in [-0.05, 0) is 98.5 Å². The summed E-state index contributed by atoms with van der Waals surface area (Å²) in [6.45, 7) is 0. The van der Waals surface area contributed by atoms with Crippen molar-refractivity contribution >= 4 is 80.2 Å². The molecule has 5 aromatic carbocycles. The van der Waals surface area contributed by atoms with E-state index in [-0.39, 0.29) is 5.78 Å². The summed E-state index contributed by atoms with van der Waals surface area (Å²) in [7, 11) is 0. The summed E-state index contributed by atoms with van der Waals surface area (Å²) in [6.07, 6.45) is 0. The maximum Gasteiger partial charge on any atom is 0.239 e. The molecule has 46 heavy (non-hydrogen) atoms. The fraction of sp³-hybridized carbons (Fsp3) is 0.103. The van der Waals surface area contributed by atoms with Crippen molar-refractivity contribution in [1.29, 1.82) is 0 Å². The summed E-state index contributed by atoms with van der Waals surface area (Å²) in [5.41, 5.74) is 1.84. The highest BCUT2D eigenvalue weighted by molar-refractivity contribution is 14.1. The largest absolute Gasteiger partial charge is 0.297 e. The van der Waals surface area contributed by atoms with Crippen LogP contribution in [-0.2, 0) is 25.2 Å². The summed E-state index contributed by atoms with van der Waals surface area (Å²) in [6, 6.07) is 41.2. The van der Waals surface area contributed by atoms with Crippen LogP contribution in [0.2, 0.25) is 10.0 Å². The average molecular weight is 752 g/mol. The molecule has 0 spiro atoms. The third-order valence-electron chi connectivity index (χ3n) is 9.78. The number of ketones is 1. The molecule has 8 rings (SSSR count). The predicted octanol–water partition coefficient (Wildman–Crippen LogP) is 8.79. The highest BCUT2D eigenvalue weighted by Crippen LogP contribution is 2.74. The first-order valence-corrected chi connectivity index (χ1v) is 16.7. The van der Waals surface area contributed by atoms with Crippen LogP contribution >= 0.6 is 45.8 Å². The van der Waals surface area contributed by atoms with E-state index in [4.69, 9.17) is 23.2 Å². The van der Waals surface area contributed by atoms with Crippen molar-refractivity contribution in [2.75, 3.05) is 4.90 Å². The number of hydrogen-bond donors (Lipinski definition) is 0. The van der Waals surface area contributed by atoms with Crippen molar-refractivity contribution in [1.82, 2.24) is 0 Å². The standard InChI is InChI=1S/C39H24Cl2INO3/c40-27-18-14-25(15-19-27)38-31(23-8-3-1-4-9-23)32(24-10-5-2-6-11-24)39(37(38)46,26-16-20-28(41)21-17-26)34-33(38)35(44)43(36(34)45)30-13-7-12-29(42)22-30/h1-22,33-34H/t33-,34+,38-,39-/m0/s1. The molecule has 1 heterocycles. The lowest BCUT2D eigenvalue weighted by Crippen LogP contribution is -2.45. The summed E-state index contributed by atoms with van der Waals surface area (Å²) >= 11 is 15.0. The lowest BCUT2D eigenvalue weighted by molar-refractivity contribution is -0.130. The van der Waals surface area contributed by atoms with E-state index in [0.717, 1.165) is 25.8 Å². The molecule has 0 N–H and O–H groups in total. The topological polar surface area (TPSA) is 54.5 Å². The van der Waals surface area contributed by atoms with Crippen molar-refractivity contribution in [3.05, 3.63) is 169 Å². The summed E-state index contributed by atoms with van der Waals surface area (Å²) in [5, 5.41) is 1.01. The molecule has 1 saturated carbocycles. The van der Waals surface area contributed by atoms with Gasteiger partial charge in [0.2, 0.25) is 11.8 Å². The zero-order valence-corrected chi connectivity index (χ0v) is 27.8. The third kappa shape index (κ3) is 3.82. The van der Waals surface area contributed by atoms with E-state index in [1.165, 1.54) is 4.90 Å². The quantitative estimate of drug-likeness (QED) is 0.133. The normalized spacial score (nSPS) is 25.0. The Labute approximate surface area is 289 Å². The van der Waals surface area contributed by atoms with Gasteiger partial charge < -0.3 is 0 Å². The van der Waals surface area contributed by atoms with Crippen molar-refractivity contribution < 1.29 is 14.4 Å². The molecule has 2 amide bonds. The minimum absolute atomic E-state index is 0.193. The first kappa shape index (κ1) is 29.4. The number of fused-ring (bicyclic) bond motifs is 5. The molecule has 0 aromatic heterocycles. The maximum absolute atomic E-state index is 15.9. The Balaban J connectivity index is 1.56. The summed E-state index contributed by atoms with van der Waals surface area (Å²) in [4.78, 5) is 47.3. The summed E-state index contributed by atoms with van der Waals surface area (Å²) in [5.74, 6) is -3.00. The van der Waals surface area contributed by atoms with E-state index in [1.807, 2.05) is 103 Å². The van der Waals surface area contributed by atoms with Gasteiger partial charge in [-0.2, -0.15) is 0 Å². The molecule has 4 atom stereocenters. The Bertz CT molecular complexity index is 1970. The van der Waals surface area contributed by atoms with Gasteiger partial charge in [-0.25, -0.2) is 4.90 Å². The van der Waals surface area contributed by atoms with Gasteiger partial charge in [0.25, 0.3) is 0 Å². The second-order valence-electron chi connectivity index (χ2n) is 11.9. The number of Topliss-reactive ketones (excluding diaryl/α,β-unsaturated/α-hetero) is 1. The van der Waals surface area contributed by atoms with Crippen LogP contribution in [0.3, 0.4) is 0 Å². The van der Waals surface area contributed by atoms with Crippen molar-refractivity contribution in [2.45, 2.75) is 10.8 Å². The lowest BCUT2D eigenvalue weighted by atomic mass is 9.59. The molecule has 224 valence electrons. The van der Waals surface area contributed by atoms with Crippen LogP contribution in [0.15, 0.2) is 133 Å². The van der Waals surface area contributed by atoms with Crippen LogP contribution in [-0.4, -0.2) is 17.6 Å². The smallest absolute Gasteiger partial charge is 0.239 e. The Morgan fingerprint density at radius 2 is 0.978 bits per heavy atom. The molecular formula is C39H24Cl2INO3. The Morgan fingerprint density at radius 1 is 0.543 bits per heavy atom. The van der Waals surface area contributed by atoms with Crippen molar-refractivity contribution in [2.24, 2.45) is 11.8 Å². The molecule has 5 aromatic rings. The zero-order valence-electron chi connectivity index (χ0n) is 24.2. The van der Waals surface area contributed by atoms with Gasteiger partial charge in [0.15, 0.2) is 5.78 Å². The number of carbonyl (C=O) groups is 3. The van der Waals surface area contributed by atoms with E-state index < -0.39 is 34.5 Å². The molecule has 0 unspecified atom stereocenters. The number of carbonyl (C=O) groups excluding carboxylic acids is 3. The molecule has 2 bridgehead atoms. The number of nitrogens with zero attached hydrogens (tertiary/aromatic N) is 1. The van der Waals surface area contributed by atoms with Gasteiger partial charge in [0.1, 0.15) is 0 Å². The van der Waals surface area contributed by atoms with Crippen LogP contribution < -0.4 is 4.90 Å². The highest BCUT2D eigenvalue weighted by Gasteiger charge is 2.82. The van der Waals surface area contributed by atoms with Gasteiger partial charge in [0.05, 0.1) is 28.4 Å². The van der Waals surface area contributed by atoms with Crippen molar-refractivity contribution in [3.63, 3.8) is 0 Å². The number of benzene rings is 5. The number of imide groups is 1. The van der Waals surface area contributed by atoms with Gasteiger partial charge in [-0.3, -0.25) is 14.4 Å². The van der Waals surface area contributed by atoms with E-state index in [0.29, 0.717) is 26.9 Å². The van der Waals surface area contributed by atoms with Crippen LogP contribution in [0.4, 0.5) is 5.69 Å². The van der Waals surface area contributed by atoms with E-state index in [9.17, 15) is 0 Å². The molecule has 2 aliphatic carbocycles. The average Bonchev–Trinajstić information content (AvgIpc) is 3.58. The molecule has 4 nitrogen and oxygen atoms in total. The van der Waals surface area contributed by atoms with E-state index in [1.54, 1.807) is 30.3 Å². The van der Waals surface area contributed by atoms with Crippen molar-refractivity contribution in [3.8, 4) is 0 Å². The molecular weight excluding hydrogens is 728 g/mol. The molecule has 2 fully saturated rings. The Kier molecular flexibility index (Phi) is 6.87. The van der Waals surface area contributed by atoms with Crippen LogP contribution in [0.25, 0.3) is 11.1 Å². The van der Waals surface area contributed by atoms with Gasteiger partial charge in [0, 0.05) is 13.6 Å². The van der Waals surface area contributed by atoms with E-state index in [2.05, 4.69) is 22.6 Å². The molecule has 7 heteroatoms. The van der Waals surface area contributed by atoms with Crippen LogP contribution in [0.1, 0.15) is 22.3 Å². The second-order valence-corrected chi connectivity index (χ2v) is 14.0. The predicted molar refractivity (Wildman–Crippen MR) is 190 cm³/mol. The molecule has 1 saturated heterocycles. The molecule has 0 radical (unpaired) electrons. The first-order chi connectivity index (χ1) is 22.3. The van der Waals surface area contributed by atoms with Gasteiger partial charge >= 0.3 is 0 Å². The monoisotopic (exact) mass is 751 g/mol. The van der Waals surface area contributed by atoms with Gasteiger partial charge in [-0.15, -0.1) is 0 Å². The van der Waals surface area contributed by atoms with E-state index >= 15 is 14.4 Å². The maximum atomic E-state index is 15.9. The summed E-state index contributed by atoms with van der Waals surface area (Å²) < 4.78 is 0.889. The van der Waals surface area contributed by atoms with Gasteiger partial charge in [-0.1, -0.05) is 114 Å². The molecule has 3 aliphatic rings. The number of rotatable bonds is 5. The fourth-order valence-corrected chi connectivity index (χ4v) is 9.01.